The van der Waals surface area contributed by atoms with Gasteiger partial charge in [-0.05, 0) is 42.5 Å². The highest BCUT2D eigenvalue weighted by atomic mass is 32.1. The normalized spacial score (nSPS) is 12.2. The predicted octanol–water partition coefficient (Wildman–Crippen LogP) is 13.0. The van der Waals surface area contributed by atoms with Gasteiger partial charge in [0.15, 0.2) is 0 Å². The summed E-state index contributed by atoms with van der Waals surface area (Å²) in [5, 5.41) is 11.0. The lowest BCUT2D eigenvalue weighted by Crippen LogP contribution is -2.03. The minimum Gasteiger partial charge on any atom is -0.309 e. The highest BCUT2D eigenvalue weighted by Gasteiger charge is 2.26. The lowest BCUT2D eigenvalue weighted by molar-refractivity contribution is 1.02. The number of fused-ring (bicyclic) bond motifs is 15. The second-order valence-electron chi connectivity index (χ2n) is 13.7. The van der Waals surface area contributed by atoms with Crippen molar-refractivity contribution in [3.05, 3.63) is 170 Å². The summed E-state index contributed by atoms with van der Waals surface area (Å²) < 4.78 is 7.32. The van der Waals surface area contributed by atoms with Gasteiger partial charge in [-0.25, -0.2) is 9.97 Å². The van der Waals surface area contributed by atoms with Crippen LogP contribution in [0.3, 0.4) is 0 Å². The van der Waals surface area contributed by atoms with Crippen molar-refractivity contribution in [2.45, 2.75) is 0 Å². The van der Waals surface area contributed by atoms with Crippen LogP contribution in [-0.2, 0) is 0 Å². The molecule has 12 rings (SSSR count). The molecule has 0 aliphatic carbocycles. The minimum atomic E-state index is 0.669. The number of thiophene rings is 1. The number of benzene rings is 8. The van der Waals surface area contributed by atoms with Gasteiger partial charge in [0, 0.05) is 69.1 Å². The number of hydrogen-bond acceptors (Lipinski definition) is 3. The van der Waals surface area contributed by atoms with Crippen molar-refractivity contribution in [1.82, 2.24) is 19.1 Å². The largest absolute Gasteiger partial charge is 0.309 e. The predicted molar refractivity (Wildman–Crippen MR) is 224 cm³/mol. The standard InChI is InChI=1S/C48H28N4S/c1-3-15-29(16-4-1)45-31-19-7-11-23-36(31)49-48(50-45)52-38-25-13-9-21-33(38)44-46(52)35-27-28-39-41(42(35)43-34-22-10-14-26-40(34)53-47(43)44)32-20-8-12-24-37(32)51(39)30-17-5-2-6-18-30/h1-28H. The van der Waals surface area contributed by atoms with Crippen molar-refractivity contribution in [1.29, 1.82) is 0 Å². The van der Waals surface area contributed by atoms with Crippen LogP contribution in [0.5, 0.6) is 0 Å². The molecule has 0 aliphatic rings. The number of rotatable bonds is 3. The zero-order chi connectivity index (χ0) is 34.6. The van der Waals surface area contributed by atoms with Crippen molar-refractivity contribution in [3.63, 3.8) is 0 Å². The number of nitrogens with zero attached hydrogens (tertiary/aromatic N) is 4. The van der Waals surface area contributed by atoms with Crippen LogP contribution < -0.4 is 0 Å². The van der Waals surface area contributed by atoms with E-state index in [0.29, 0.717) is 5.95 Å². The first-order valence-electron chi connectivity index (χ1n) is 17.9. The molecule has 0 unspecified atom stereocenters. The average molecular weight is 693 g/mol. The van der Waals surface area contributed by atoms with Gasteiger partial charge in [0.25, 0.3) is 0 Å². The molecule has 8 aromatic carbocycles. The molecule has 0 spiro atoms. The van der Waals surface area contributed by atoms with Crippen molar-refractivity contribution in [2.75, 3.05) is 0 Å². The zero-order valence-corrected chi connectivity index (χ0v) is 29.2. The molecule has 246 valence electrons. The SMILES string of the molecule is c1ccc(-c2nc(-n3c4ccccc4c4c5sc6ccccc6c5c5c(ccc6c5c5ccccc5n6-c5ccccc5)c43)nc3ccccc23)cc1. The van der Waals surface area contributed by atoms with Crippen molar-refractivity contribution < 1.29 is 0 Å². The molecule has 0 radical (unpaired) electrons. The summed E-state index contributed by atoms with van der Waals surface area (Å²) in [5.41, 5.74) is 8.68. The van der Waals surface area contributed by atoms with Gasteiger partial charge in [0.1, 0.15) is 0 Å². The molecule has 0 N–H and O–H groups in total. The lowest BCUT2D eigenvalue weighted by atomic mass is 9.96. The fraction of sp³-hybridized carbons (Fsp3) is 0. The molecule has 4 aromatic heterocycles. The van der Waals surface area contributed by atoms with Gasteiger partial charge in [0.05, 0.1) is 33.3 Å². The smallest absolute Gasteiger partial charge is 0.235 e. The van der Waals surface area contributed by atoms with E-state index >= 15 is 0 Å². The maximum atomic E-state index is 5.45. The maximum absolute atomic E-state index is 5.45. The summed E-state index contributed by atoms with van der Waals surface area (Å²) in [7, 11) is 0. The first kappa shape index (κ1) is 28.8. The Balaban J connectivity index is 1.35. The van der Waals surface area contributed by atoms with Crippen molar-refractivity contribution in [3.8, 4) is 22.9 Å². The molecule has 0 saturated carbocycles. The number of aromatic nitrogens is 4. The fourth-order valence-electron chi connectivity index (χ4n) is 8.76. The third-order valence-corrected chi connectivity index (χ3v) is 12.1. The molecule has 0 saturated heterocycles. The van der Waals surface area contributed by atoms with Crippen LogP contribution in [0.2, 0.25) is 0 Å². The number of hydrogen-bond donors (Lipinski definition) is 0. The lowest BCUT2D eigenvalue weighted by Gasteiger charge is -2.14. The third kappa shape index (κ3) is 3.94. The van der Waals surface area contributed by atoms with Crippen LogP contribution >= 0.6 is 11.3 Å². The van der Waals surface area contributed by atoms with E-state index in [1.807, 2.05) is 11.3 Å². The van der Waals surface area contributed by atoms with Gasteiger partial charge in [0.2, 0.25) is 5.95 Å². The van der Waals surface area contributed by atoms with E-state index in [4.69, 9.17) is 9.97 Å². The molecule has 4 heterocycles. The van der Waals surface area contributed by atoms with E-state index < -0.39 is 0 Å². The summed E-state index contributed by atoms with van der Waals surface area (Å²) in [6.45, 7) is 0. The zero-order valence-electron chi connectivity index (χ0n) is 28.4. The fourth-order valence-corrected chi connectivity index (χ4v) is 10.0. The van der Waals surface area contributed by atoms with E-state index in [2.05, 4.69) is 179 Å². The second-order valence-corrected chi connectivity index (χ2v) is 14.8. The Morgan fingerprint density at radius 1 is 0.396 bits per heavy atom. The van der Waals surface area contributed by atoms with Crippen LogP contribution in [0.4, 0.5) is 0 Å². The maximum Gasteiger partial charge on any atom is 0.235 e. The molecule has 12 aromatic rings. The second kappa shape index (κ2) is 10.8. The number of para-hydroxylation sites is 4. The van der Waals surface area contributed by atoms with Gasteiger partial charge >= 0.3 is 0 Å². The molecule has 5 heteroatoms. The Kier molecular flexibility index (Phi) is 5.90. The molecular weight excluding hydrogens is 665 g/mol. The van der Waals surface area contributed by atoms with Crippen LogP contribution in [0.25, 0.3) is 108 Å². The van der Waals surface area contributed by atoms with Gasteiger partial charge in [-0.3, -0.25) is 4.57 Å². The molecule has 53 heavy (non-hydrogen) atoms. The topological polar surface area (TPSA) is 35.6 Å². The summed E-state index contributed by atoms with van der Waals surface area (Å²) in [6, 6.07) is 60.8. The summed E-state index contributed by atoms with van der Waals surface area (Å²) >= 11 is 1.89. The van der Waals surface area contributed by atoms with E-state index in [0.717, 1.165) is 38.9 Å². The van der Waals surface area contributed by atoms with E-state index in [9.17, 15) is 0 Å². The molecule has 0 atom stereocenters. The van der Waals surface area contributed by atoms with Crippen LogP contribution in [0, 0.1) is 0 Å². The van der Waals surface area contributed by atoms with Crippen molar-refractivity contribution >= 4 is 96.8 Å². The van der Waals surface area contributed by atoms with E-state index in [-0.39, 0.29) is 0 Å². The Morgan fingerprint density at radius 3 is 1.81 bits per heavy atom. The van der Waals surface area contributed by atoms with Gasteiger partial charge in [-0.15, -0.1) is 11.3 Å². The quantitative estimate of drug-likeness (QED) is 0.185. The first-order chi connectivity index (χ1) is 26.3. The Labute approximate surface area is 307 Å². The Hall–Kier alpha value is -6.82. The first-order valence-corrected chi connectivity index (χ1v) is 18.8. The van der Waals surface area contributed by atoms with Gasteiger partial charge in [-0.1, -0.05) is 127 Å². The molecule has 0 aliphatic heterocycles. The molecule has 4 nitrogen and oxygen atoms in total. The molecule has 0 bridgehead atoms. The monoisotopic (exact) mass is 692 g/mol. The van der Waals surface area contributed by atoms with Crippen LogP contribution in [-0.4, -0.2) is 19.1 Å². The van der Waals surface area contributed by atoms with Crippen LogP contribution in [0.15, 0.2) is 170 Å². The van der Waals surface area contributed by atoms with Crippen LogP contribution in [0.1, 0.15) is 0 Å². The Bertz CT molecular complexity index is 3450. The summed E-state index contributed by atoms with van der Waals surface area (Å²) in [4.78, 5) is 10.8. The highest BCUT2D eigenvalue weighted by molar-refractivity contribution is 7.27. The summed E-state index contributed by atoms with van der Waals surface area (Å²) in [5.74, 6) is 0.669. The molecule has 0 amide bonds. The third-order valence-electron chi connectivity index (χ3n) is 10.9. The molecular formula is C48H28N4S. The molecule has 0 fully saturated rings. The highest BCUT2D eigenvalue weighted by Crippen LogP contribution is 2.51. The van der Waals surface area contributed by atoms with Crippen molar-refractivity contribution in [2.24, 2.45) is 0 Å². The Morgan fingerprint density at radius 2 is 1.02 bits per heavy atom. The summed E-state index contributed by atoms with van der Waals surface area (Å²) in [6.07, 6.45) is 0. The van der Waals surface area contributed by atoms with E-state index in [1.54, 1.807) is 0 Å². The van der Waals surface area contributed by atoms with Gasteiger partial charge in [-0.2, -0.15) is 0 Å². The van der Waals surface area contributed by atoms with E-state index in [1.165, 1.54) is 63.5 Å². The minimum absolute atomic E-state index is 0.669. The van der Waals surface area contributed by atoms with Gasteiger partial charge < -0.3 is 4.57 Å². The average Bonchev–Trinajstić information content (AvgIpc) is 3.89.